The third kappa shape index (κ3) is 2.02. The predicted molar refractivity (Wildman–Crippen MR) is 86.7 cm³/mol. The van der Waals surface area contributed by atoms with Crippen LogP contribution in [0.4, 0.5) is 0 Å². The summed E-state index contributed by atoms with van der Waals surface area (Å²) in [5.41, 5.74) is 1.10. The van der Waals surface area contributed by atoms with E-state index < -0.39 is 11.6 Å². The molecular formula is C18H11NO4. The third-order valence-electron chi connectivity index (χ3n) is 3.83. The van der Waals surface area contributed by atoms with Crippen LogP contribution in [-0.4, -0.2) is 16.1 Å². The Morgan fingerprint density at radius 3 is 2.61 bits per heavy atom. The number of para-hydroxylation sites is 2. The Kier molecular flexibility index (Phi) is 2.81. The maximum Gasteiger partial charge on any atom is 0.345 e. The first-order valence-electron chi connectivity index (χ1n) is 7.02. The van der Waals surface area contributed by atoms with Gasteiger partial charge in [0.2, 0.25) is 0 Å². The second-order valence-electron chi connectivity index (χ2n) is 5.21. The van der Waals surface area contributed by atoms with Gasteiger partial charge in [0, 0.05) is 16.3 Å². The van der Waals surface area contributed by atoms with Crippen LogP contribution in [0, 0.1) is 0 Å². The maximum absolute atomic E-state index is 12.3. The van der Waals surface area contributed by atoms with Crippen LogP contribution in [-0.2, 0) is 0 Å². The van der Waals surface area contributed by atoms with Crippen molar-refractivity contribution in [3.05, 3.63) is 70.6 Å². The van der Waals surface area contributed by atoms with E-state index in [1.807, 2.05) is 12.1 Å². The van der Waals surface area contributed by atoms with Crippen molar-refractivity contribution in [3.63, 3.8) is 0 Å². The highest BCUT2D eigenvalue weighted by atomic mass is 16.4. The van der Waals surface area contributed by atoms with Crippen molar-refractivity contribution in [2.45, 2.75) is 0 Å². The molecule has 0 saturated carbocycles. The molecule has 4 rings (SSSR count). The fourth-order valence-corrected chi connectivity index (χ4v) is 2.80. The number of carboxylic acid groups (broad SMARTS) is 1. The van der Waals surface area contributed by atoms with E-state index in [0.29, 0.717) is 16.5 Å². The monoisotopic (exact) mass is 305 g/mol. The highest BCUT2D eigenvalue weighted by molar-refractivity contribution is 6.09. The van der Waals surface area contributed by atoms with Crippen LogP contribution in [0.2, 0.25) is 0 Å². The quantitative estimate of drug-likeness (QED) is 0.554. The Bertz CT molecular complexity index is 1120. The van der Waals surface area contributed by atoms with Gasteiger partial charge in [0.25, 0.3) is 0 Å². The summed E-state index contributed by atoms with van der Waals surface area (Å²) < 4.78 is 5.31. The highest BCUT2D eigenvalue weighted by Crippen LogP contribution is 2.30. The average molecular weight is 305 g/mol. The number of fused-ring (bicyclic) bond motifs is 2. The molecule has 0 aliphatic rings. The molecule has 0 bridgehead atoms. The minimum atomic E-state index is -1.09. The van der Waals surface area contributed by atoms with Crippen LogP contribution in [0.3, 0.4) is 0 Å². The normalized spacial score (nSPS) is 11.1. The van der Waals surface area contributed by atoms with Crippen molar-refractivity contribution in [1.29, 1.82) is 0 Å². The van der Waals surface area contributed by atoms with Crippen molar-refractivity contribution in [2.75, 3.05) is 0 Å². The largest absolute Gasteiger partial charge is 0.478 e. The summed E-state index contributed by atoms with van der Waals surface area (Å²) >= 11 is 0. The van der Waals surface area contributed by atoms with Crippen molar-refractivity contribution in [1.82, 2.24) is 4.98 Å². The number of nitrogens with one attached hydrogen (secondary N) is 1. The van der Waals surface area contributed by atoms with Gasteiger partial charge in [0.15, 0.2) is 0 Å². The van der Waals surface area contributed by atoms with Crippen molar-refractivity contribution < 1.29 is 14.3 Å². The lowest BCUT2D eigenvalue weighted by molar-refractivity contribution is 0.0700. The Morgan fingerprint density at radius 2 is 1.78 bits per heavy atom. The molecule has 5 heteroatoms. The second kappa shape index (κ2) is 4.84. The molecule has 2 N–H and O–H groups in total. The zero-order chi connectivity index (χ0) is 16.0. The van der Waals surface area contributed by atoms with Gasteiger partial charge in [-0.1, -0.05) is 36.4 Å². The SMILES string of the molecule is O=C(O)c1c(-c2cc3ccccc3oc2=O)[nH]c2ccccc12. The van der Waals surface area contributed by atoms with E-state index >= 15 is 0 Å². The number of aromatic nitrogens is 1. The average Bonchev–Trinajstić information content (AvgIpc) is 2.93. The number of carboxylic acids is 1. The molecule has 0 fully saturated rings. The lowest BCUT2D eigenvalue weighted by Gasteiger charge is -2.02. The standard InChI is InChI=1S/C18H11NO4/c20-17(21)15-11-6-2-3-7-13(11)19-16(15)12-9-10-5-1-4-8-14(10)23-18(12)22/h1-9,19H,(H,20,21). The minimum absolute atomic E-state index is 0.0724. The first-order valence-corrected chi connectivity index (χ1v) is 7.02. The van der Waals surface area contributed by atoms with E-state index in [0.717, 1.165) is 5.39 Å². The van der Waals surface area contributed by atoms with Gasteiger partial charge in [-0.2, -0.15) is 0 Å². The van der Waals surface area contributed by atoms with E-state index in [9.17, 15) is 14.7 Å². The second-order valence-corrected chi connectivity index (χ2v) is 5.21. The predicted octanol–water partition coefficient (Wildman–Crippen LogP) is 3.64. The van der Waals surface area contributed by atoms with Crippen molar-refractivity contribution in [3.8, 4) is 11.3 Å². The highest BCUT2D eigenvalue weighted by Gasteiger charge is 2.21. The van der Waals surface area contributed by atoms with Gasteiger partial charge in [-0.05, 0) is 18.2 Å². The van der Waals surface area contributed by atoms with Gasteiger partial charge in [-0.15, -0.1) is 0 Å². The summed E-state index contributed by atoms with van der Waals surface area (Å²) in [6, 6.07) is 15.8. The number of benzene rings is 2. The van der Waals surface area contributed by atoms with Gasteiger partial charge in [-0.3, -0.25) is 0 Å². The molecule has 0 saturated heterocycles. The van der Waals surface area contributed by atoms with Crippen LogP contribution >= 0.6 is 0 Å². The number of rotatable bonds is 2. The molecule has 0 aliphatic heterocycles. The summed E-state index contributed by atoms with van der Waals surface area (Å²) in [6.45, 7) is 0. The van der Waals surface area contributed by atoms with Gasteiger partial charge in [0.05, 0.1) is 16.8 Å². The van der Waals surface area contributed by atoms with E-state index in [1.165, 1.54) is 0 Å². The molecule has 0 spiro atoms. The van der Waals surface area contributed by atoms with Crippen LogP contribution < -0.4 is 5.63 Å². The number of hydrogen-bond acceptors (Lipinski definition) is 3. The number of hydrogen-bond donors (Lipinski definition) is 2. The van der Waals surface area contributed by atoms with Crippen LogP contribution in [0.1, 0.15) is 10.4 Å². The number of carbonyl (C=O) groups is 1. The zero-order valence-corrected chi connectivity index (χ0v) is 11.9. The Morgan fingerprint density at radius 1 is 1.04 bits per heavy atom. The molecule has 0 radical (unpaired) electrons. The summed E-state index contributed by atoms with van der Waals surface area (Å²) in [5.74, 6) is -1.09. The zero-order valence-electron chi connectivity index (χ0n) is 11.9. The molecule has 2 aromatic heterocycles. The van der Waals surface area contributed by atoms with E-state index in [-0.39, 0.29) is 16.8 Å². The molecule has 0 atom stereocenters. The first-order chi connectivity index (χ1) is 11.1. The fraction of sp³-hybridized carbons (Fsp3) is 0. The van der Waals surface area contributed by atoms with Crippen molar-refractivity contribution in [2.24, 2.45) is 0 Å². The van der Waals surface area contributed by atoms with Gasteiger partial charge in [-0.25, -0.2) is 9.59 Å². The van der Waals surface area contributed by atoms with E-state index in [1.54, 1.807) is 42.5 Å². The van der Waals surface area contributed by atoms with E-state index in [2.05, 4.69) is 4.98 Å². The number of aromatic carboxylic acids is 1. The van der Waals surface area contributed by atoms with Crippen LogP contribution in [0.5, 0.6) is 0 Å². The molecule has 2 aromatic carbocycles. The molecule has 0 unspecified atom stereocenters. The minimum Gasteiger partial charge on any atom is -0.478 e. The number of H-pyrrole nitrogens is 1. The van der Waals surface area contributed by atoms with Gasteiger partial charge >= 0.3 is 11.6 Å². The molecule has 2 heterocycles. The van der Waals surface area contributed by atoms with Gasteiger partial charge in [0.1, 0.15) is 5.58 Å². The molecule has 0 aliphatic carbocycles. The molecule has 4 aromatic rings. The van der Waals surface area contributed by atoms with Crippen LogP contribution in [0.15, 0.2) is 63.8 Å². The lowest BCUT2D eigenvalue weighted by Crippen LogP contribution is -2.06. The fourth-order valence-electron chi connectivity index (χ4n) is 2.80. The van der Waals surface area contributed by atoms with E-state index in [4.69, 9.17) is 4.42 Å². The van der Waals surface area contributed by atoms with Crippen LogP contribution in [0.25, 0.3) is 33.1 Å². The molecule has 112 valence electrons. The lowest BCUT2D eigenvalue weighted by atomic mass is 10.1. The maximum atomic E-state index is 12.3. The topological polar surface area (TPSA) is 83.3 Å². The Balaban J connectivity index is 2.10. The Hall–Kier alpha value is -3.34. The molecule has 23 heavy (non-hydrogen) atoms. The summed E-state index contributed by atoms with van der Waals surface area (Å²) in [7, 11) is 0. The molecular weight excluding hydrogens is 294 g/mol. The third-order valence-corrected chi connectivity index (χ3v) is 3.83. The molecule has 0 amide bonds. The summed E-state index contributed by atoms with van der Waals surface area (Å²) in [5, 5.41) is 10.9. The smallest absolute Gasteiger partial charge is 0.345 e. The Labute approximate surface area is 129 Å². The number of aromatic amines is 1. The summed E-state index contributed by atoms with van der Waals surface area (Å²) in [6.07, 6.45) is 0. The van der Waals surface area contributed by atoms with Gasteiger partial charge < -0.3 is 14.5 Å². The van der Waals surface area contributed by atoms with Crippen molar-refractivity contribution >= 4 is 27.8 Å². The summed E-state index contributed by atoms with van der Waals surface area (Å²) in [4.78, 5) is 27.0. The molecule has 5 nitrogen and oxygen atoms in total. The first kappa shape index (κ1) is 13.3.